The minimum atomic E-state index is -0.125. The number of nitrogens with one attached hydrogen (secondary N) is 1. The Hall–Kier alpha value is -1.59. The van der Waals surface area contributed by atoms with Gasteiger partial charge in [-0.3, -0.25) is 0 Å². The van der Waals surface area contributed by atoms with Crippen molar-refractivity contribution in [3.63, 3.8) is 0 Å². The summed E-state index contributed by atoms with van der Waals surface area (Å²) in [6.45, 7) is 6.00. The highest BCUT2D eigenvalue weighted by atomic mass is 16.4. The SMILES string of the molecule is CC(C)C(CN(C)C)NCC(C(N)=NO)c1ccccc1. The average molecular weight is 292 g/mol. The lowest BCUT2D eigenvalue weighted by atomic mass is 9.96. The fraction of sp³-hybridized carbons (Fsp3) is 0.562. The number of amidine groups is 1. The molecule has 0 aliphatic heterocycles. The molecule has 4 N–H and O–H groups in total. The van der Waals surface area contributed by atoms with Crippen LogP contribution < -0.4 is 11.1 Å². The molecule has 0 bridgehead atoms. The van der Waals surface area contributed by atoms with Crippen molar-refractivity contribution in [3.05, 3.63) is 35.9 Å². The second-order valence-corrected chi connectivity index (χ2v) is 6.01. The molecule has 1 aromatic carbocycles. The number of likely N-dealkylation sites (N-methyl/N-ethyl adjacent to an activating group) is 1. The van der Waals surface area contributed by atoms with Crippen molar-refractivity contribution >= 4 is 5.84 Å². The van der Waals surface area contributed by atoms with Crippen molar-refractivity contribution in [2.45, 2.75) is 25.8 Å². The van der Waals surface area contributed by atoms with Gasteiger partial charge in [-0.05, 0) is 25.6 Å². The molecule has 1 aromatic rings. The van der Waals surface area contributed by atoms with Gasteiger partial charge in [-0.25, -0.2) is 0 Å². The first-order valence-electron chi connectivity index (χ1n) is 7.36. The minimum absolute atomic E-state index is 0.125. The second kappa shape index (κ2) is 8.64. The molecular formula is C16H28N4O. The maximum Gasteiger partial charge on any atom is 0.147 e. The Labute approximate surface area is 127 Å². The van der Waals surface area contributed by atoms with Crippen molar-refractivity contribution in [3.8, 4) is 0 Å². The summed E-state index contributed by atoms with van der Waals surface area (Å²) in [4.78, 5) is 2.17. The van der Waals surface area contributed by atoms with E-state index >= 15 is 0 Å². The quantitative estimate of drug-likeness (QED) is 0.295. The zero-order chi connectivity index (χ0) is 15.8. The van der Waals surface area contributed by atoms with Crippen LogP contribution in [0, 0.1) is 5.92 Å². The molecule has 5 nitrogen and oxygen atoms in total. The maximum atomic E-state index is 9.01. The van der Waals surface area contributed by atoms with Gasteiger partial charge in [0.05, 0.1) is 5.92 Å². The number of hydrogen-bond acceptors (Lipinski definition) is 4. The largest absolute Gasteiger partial charge is 0.409 e. The van der Waals surface area contributed by atoms with E-state index in [1.165, 1.54) is 0 Å². The molecule has 0 aromatic heterocycles. The Morgan fingerprint density at radius 2 is 1.90 bits per heavy atom. The van der Waals surface area contributed by atoms with Gasteiger partial charge in [0.1, 0.15) is 5.84 Å². The van der Waals surface area contributed by atoms with Crippen LogP contribution in [0.15, 0.2) is 35.5 Å². The van der Waals surface area contributed by atoms with Crippen molar-refractivity contribution < 1.29 is 5.21 Å². The standard InChI is InChI=1S/C16H28N4O/c1-12(2)15(11-20(3)4)18-10-14(16(17)19-21)13-8-6-5-7-9-13/h5-9,12,14-15,18,21H,10-11H2,1-4H3,(H2,17,19). The number of benzene rings is 1. The van der Waals surface area contributed by atoms with Gasteiger partial charge >= 0.3 is 0 Å². The maximum absolute atomic E-state index is 9.01. The van der Waals surface area contributed by atoms with Gasteiger partial charge in [-0.15, -0.1) is 0 Å². The highest BCUT2D eigenvalue weighted by Crippen LogP contribution is 2.16. The minimum Gasteiger partial charge on any atom is -0.409 e. The fourth-order valence-corrected chi connectivity index (χ4v) is 2.32. The van der Waals surface area contributed by atoms with E-state index in [2.05, 4.69) is 43.3 Å². The topological polar surface area (TPSA) is 73.9 Å². The van der Waals surface area contributed by atoms with E-state index in [0.29, 0.717) is 18.5 Å². The molecule has 0 spiro atoms. The van der Waals surface area contributed by atoms with Crippen LogP contribution in [0.25, 0.3) is 0 Å². The summed E-state index contributed by atoms with van der Waals surface area (Å²) >= 11 is 0. The molecule has 0 radical (unpaired) electrons. The Kier molecular flexibility index (Phi) is 7.19. The predicted octanol–water partition coefficient (Wildman–Crippen LogP) is 1.69. The van der Waals surface area contributed by atoms with Crippen LogP contribution >= 0.6 is 0 Å². The Morgan fingerprint density at radius 3 is 2.38 bits per heavy atom. The fourth-order valence-electron chi connectivity index (χ4n) is 2.32. The summed E-state index contributed by atoms with van der Waals surface area (Å²) < 4.78 is 0. The average Bonchev–Trinajstić information content (AvgIpc) is 2.46. The van der Waals surface area contributed by atoms with Crippen molar-refractivity contribution in [1.82, 2.24) is 10.2 Å². The molecule has 1 rings (SSSR count). The van der Waals surface area contributed by atoms with E-state index in [4.69, 9.17) is 10.9 Å². The van der Waals surface area contributed by atoms with E-state index in [1.54, 1.807) is 0 Å². The van der Waals surface area contributed by atoms with Crippen LogP contribution in [-0.4, -0.2) is 49.2 Å². The lowest BCUT2D eigenvalue weighted by Gasteiger charge is -2.28. The van der Waals surface area contributed by atoms with Crippen LogP contribution in [0.1, 0.15) is 25.3 Å². The summed E-state index contributed by atoms with van der Waals surface area (Å²) in [6.07, 6.45) is 0. The summed E-state index contributed by atoms with van der Waals surface area (Å²) in [7, 11) is 4.13. The summed E-state index contributed by atoms with van der Waals surface area (Å²) in [5.41, 5.74) is 6.91. The molecule has 5 heteroatoms. The molecule has 0 aliphatic rings. The van der Waals surface area contributed by atoms with Gasteiger partial charge in [0.15, 0.2) is 0 Å². The number of hydrogen-bond donors (Lipinski definition) is 3. The Bertz CT molecular complexity index is 431. The summed E-state index contributed by atoms with van der Waals surface area (Å²) in [5, 5.41) is 15.8. The first-order valence-corrected chi connectivity index (χ1v) is 7.36. The normalized spacial score (nSPS) is 15.4. The van der Waals surface area contributed by atoms with Gasteiger partial charge < -0.3 is 21.2 Å². The molecule has 0 saturated heterocycles. The van der Waals surface area contributed by atoms with Crippen LogP contribution in [-0.2, 0) is 0 Å². The molecule has 0 fully saturated rings. The second-order valence-electron chi connectivity index (χ2n) is 6.01. The summed E-state index contributed by atoms with van der Waals surface area (Å²) in [5.74, 6) is 0.622. The molecule has 0 saturated carbocycles. The third-order valence-corrected chi connectivity index (χ3v) is 3.63. The van der Waals surface area contributed by atoms with E-state index < -0.39 is 0 Å². The van der Waals surface area contributed by atoms with E-state index in [0.717, 1.165) is 12.1 Å². The Morgan fingerprint density at radius 1 is 1.29 bits per heavy atom. The number of nitrogens with zero attached hydrogens (tertiary/aromatic N) is 2. The highest BCUT2D eigenvalue weighted by molar-refractivity contribution is 5.87. The van der Waals surface area contributed by atoms with E-state index in [-0.39, 0.29) is 11.8 Å². The monoisotopic (exact) mass is 292 g/mol. The smallest absolute Gasteiger partial charge is 0.147 e. The van der Waals surface area contributed by atoms with Gasteiger partial charge in [0.2, 0.25) is 0 Å². The number of nitrogens with two attached hydrogens (primary N) is 1. The zero-order valence-electron chi connectivity index (χ0n) is 13.5. The molecule has 0 amide bonds. The zero-order valence-corrected chi connectivity index (χ0v) is 13.5. The van der Waals surface area contributed by atoms with Crippen LogP contribution in [0.2, 0.25) is 0 Å². The molecule has 2 atom stereocenters. The third-order valence-electron chi connectivity index (χ3n) is 3.63. The first kappa shape index (κ1) is 17.5. The highest BCUT2D eigenvalue weighted by Gasteiger charge is 2.20. The van der Waals surface area contributed by atoms with Gasteiger partial charge in [-0.1, -0.05) is 49.3 Å². The number of rotatable bonds is 8. The van der Waals surface area contributed by atoms with Crippen LogP contribution in [0.3, 0.4) is 0 Å². The lowest BCUT2D eigenvalue weighted by Crippen LogP contribution is -2.45. The molecule has 2 unspecified atom stereocenters. The van der Waals surface area contributed by atoms with E-state index in [9.17, 15) is 0 Å². The molecular weight excluding hydrogens is 264 g/mol. The van der Waals surface area contributed by atoms with Crippen LogP contribution in [0.5, 0.6) is 0 Å². The molecule has 118 valence electrons. The van der Waals surface area contributed by atoms with Crippen LogP contribution in [0.4, 0.5) is 0 Å². The number of oxime groups is 1. The van der Waals surface area contributed by atoms with E-state index in [1.807, 2.05) is 30.3 Å². The van der Waals surface area contributed by atoms with Crippen molar-refractivity contribution in [2.75, 3.05) is 27.2 Å². The molecule has 21 heavy (non-hydrogen) atoms. The first-order chi connectivity index (χ1) is 9.95. The van der Waals surface area contributed by atoms with Gasteiger partial charge in [0, 0.05) is 19.1 Å². The molecule has 0 heterocycles. The van der Waals surface area contributed by atoms with Crippen molar-refractivity contribution in [2.24, 2.45) is 16.8 Å². The lowest BCUT2D eigenvalue weighted by molar-refractivity contribution is 0.287. The Balaban J connectivity index is 2.78. The van der Waals surface area contributed by atoms with Gasteiger partial charge in [0.25, 0.3) is 0 Å². The summed E-state index contributed by atoms with van der Waals surface area (Å²) in [6, 6.07) is 10.3. The van der Waals surface area contributed by atoms with Gasteiger partial charge in [-0.2, -0.15) is 0 Å². The predicted molar refractivity (Wildman–Crippen MR) is 87.8 cm³/mol. The molecule has 0 aliphatic carbocycles. The van der Waals surface area contributed by atoms with Crippen molar-refractivity contribution in [1.29, 1.82) is 0 Å². The third kappa shape index (κ3) is 5.73.